The van der Waals surface area contributed by atoms with E-state index >= 15 is 0 Å². The maximum atomic E-state index is 10.5. The summed E-state index contributed by atoms with van der Waals surface area (Å²) in [6, 6.07) is 73.2. The molecular formula is C61H50B2N4. The van der Waals surface area contributed by atoms with E-state index in [1.165, 1.54) is 60.7 Å². The molecule has 2 aliphatic heterocycles. The summed E-state index contributed by atoms with van der Waals surface area (Å²) >= 11 is 0. The molecule has 0 N–H and O–H groups in total. The Balaban J connectivity index is 1.27. The molecule has 2 heterocycles. The average molecular weight is 861 g/mol. The van der Waals surface area contributed by atoms with Gasteiger partial charge in [0.15, 0.2) is 0 Å². The van der Waals surface area contributed by atoms with E-state index in [0.717, 1.165) is 56.6 Å². The van der Waals surface area contributed by atoms with Crippen LogP contribution < -0.4 is 47.5 Å². The quantitative estimate of drug-likeness (QED) is 0.150. The minimum atomic E-state index is -0.135. The number of benzene rings is 9. The number of fused-ring (bicyclic) bond motifs is 4. The van der Waals surface area contributed by atoms with Gasteiger partial charge in [-0.3, -0.25) is 0 Å². The van der Waals surface area contributed by atoms with Crippen molar-refractivity contribution < 1.29 is 0 Å². The lowest BCUT2D eigenvalue weighted by Gasteiger charge is -2.43. The minimum absolute atomic E-state index is 0.0929. The van der Waals surface area contributed by atoms with Gasteiger partial charge in [-0.05, 0) is 148 Å². The second-order valence-electron chi connectivity index (χ2n) is 18.4. The van der Waals surface area contributed by atoms with Gasteiger partial charge in [0.2, 0.25) is 13.4 Å². The molecule has 0 aliphatic carbocycles. The van der Waals surface area contributed by atoms with Crippen LogP contribution in [0.15, 0.2) is 194 Å². The topological polar surface area (TPSA) is 33.5 Å². The smallest absolute Gasteiger partial charge is 0.247 e. The van der Waals surface area contributed by atoms with Crippen LogP contribution in [0.2, 0.25) is 0 Å². The van der Waals surface area contributed by atoms with Crippen LogP contribution >= 0.6 is 0 Å². The number of anilines is 9. The van der Waals surface area contributed by atoms with Crippen LogP contribution in [0.5, 0.6) is 0 Å². The van der Waals surface area contributed by atoms with Crippen molar-refractivity contribution in [3.8, 4) is 6.07 Å². The van der Waals surface area contributed by atoms with Gasteiger partial charge < -0.3 is 14.7 Å². The maximum absolute atomic E-state index is 10.5. The zero-order valence-corrected chi connectivity index (χ0v) is 38.9. The van der Waals surface area contributed by atoms with E-state index in [1.807, 2.05) is 6.07 Å². The van der Waals surface area contributed by atoms with Gasteiger partial charge in [-0.15, -0.1) is 0 Å². The molecule has 0 aromatic heterocycles. The van der Waals surface area contributed by atoms with Gasteiger partial charge in [-0.25, -0.2) is 0 Å². The first-order chi connectivity index (χ1) is 32.7. The summed E-state index contributed by atoms with van der Waals surface area (Å²) in [5, 5.41) is 10.5. The molecule has 4 nitrogen and oxygen atoms in total. The lowest BCUT2D eigenvalue weighted by Crippen LogP contribution is -2.63. The van der Waals surface area contributed by atoms with Crippen LogP contribution in [0.1, 0.15) is 38.9 Å². The number of nitriles is 1. The molecule has 0 spiro atoms. The lowest BCUT2D eigenvalue weighted by molar-refractivity contribution is 1.24. The Labute approximate surface area is 396 Å². The largest absolute Gasteiger partial charge is 0.311 e. The first kappa shape index (κ1) is 41.7. The monoisotopic (exact) mass is 860 g/mol. The summed E-state index contributed by atoms with van der Waals surface area (Å²) in [7, 11) is 0. The molecular weight excluding hydrogens is 810 g/mol. The molecule has 2 aliphatic rings. The van der Waals surface area contributed by atoms with Crippen molar-refractivity contribution in [3.05, 3.63) is 233 Å². The second-order valence-corrected chi connectivity index (χ2v) is 18.4. The Morgan fingerprint density at radius 2 is 0.791 bits per heavy atom. The fraction of sp³-hybridized carbons (Fsp3) is 0.0984. The molecule has 0 bridgehead atoms. The third kappa shape index (κ3) is 7.10. The number of hydrogen-bond acceptors (Lipinski definition) is 4. The van der Waals surface area contributed by atoms with Gasteiger partial charge >= 0.3 is 0 Å². The van der Waals surface area contributed by atoms with Crippen molar-refractivity contribution in [2.24, 2.45) is 0 Å². The maximum Gasteiger partial charge on any atom is 0.247 e. The van der Waals surface area contributed by atoms with Crippen molar-refractivity contribution in [1.82, 2.24) is 0 Å². The molecule has 0 fully saturated rings. The molecule has 0 radical (unpaired) electrons. The van der Waals surface area contributed by atoms with E-state index in [0.29, 0.717) is 5.56 Å². The van der Waals surface area contributed by atoms with Gasteiger partial charge in [-0.2, -0.15) is 5.26 Å². The van der Waals surface area contributed by atoms with Gasteiger partial charge in [-0.1, -0.05) is 154 Å². The number of aryl methyl sites for hydroxylation is 6. The molecule has 67 heavy (non-hydrogen) atoms. The summed E-state index contributed by atoms with van der Waals surface area (Å²) in [6.45, 7) is 13.2. The number of para-hydroxylation sites is 4. The van der Waals surface area contributed by atoms with E-state index in [1.54, 1.807) is 0 Å². The molecule has 0 amide bonds. The van der Waals surface area contributed by atoms with Crippen LogP contribution in [0, 0.1) is 52.9 Å². The molecule has 0 atom stereocenters. The molecule has 0 saturated carbocycles. The molecule has 9 aromatic carbocycles. The Bertz CT molecular complexity index is 3320. The van der Waals surface area contributed by atoms with Crippen molar-refractivity contribution in [2.45, 2.75) is 41.5 Å². The average Bonchev–Trinajstić information content (AvgIpc) is 3.33. The van der Waals surface area contributed by atoms with Crippen LogP contribution in [0.3, 0.4) is 0 Å². The Morgan fingerprint density at radius 1 is 0.373 bits per heavy atom. The van der Waals surface area contributed by atoms with Gasteiger partial charge in [0.05, 0.1) is 11.6 Å². The molecule has 320 valence electrons. The predicted molar refractivity (Wildman–Crippen MR) is 286 cm³/mol. The standard InChI is InChI=1S/C61H50B2N4/c1-40-31-42(3)60(43(4)32-40)62-52-29-28-51(65(47-19-11-7-12-20-47)48-21-13-8-14-22-48)36-57(52)67(50-25-17-10-18-26-50)59-38-58-55(37-54(59)62)63(61-44(5)33-41(2)34-45(61)6)53-35-46(39-64)27-30-56(53)66(58)49-23-15-9-16-24-49/h7-38H,1-6H3. The zero-order chi connectivity index (χ0) is 45.9. The van der Waals surface area contributed by atoms with Crippen molar-refractivity contribution in [1.29, 1.82) is 5.26 Å². The van der Waals surface area contributed by atoms with Crippen LogP contribution in [-0.2, 0) is 0 Å². The summed E-state index contributed by atoms with van der Waals surface area (Å²) in [5.74, 6) is 0. The third-order valence-electron chi connectivity index (χ3n) is 13.9. The summed E-state index contributed by atoms with van der Waals surface area (Å²) in [4.78, 5) is 7.30. The molecule has 9 aromatic rings. The molecule has 0 saturated heterocycles. The number of nitrogens with zero attached hydrogens (tertiary/aromatic N) is 4. The molecule has 0 unspecified atom stereocenters. The number of hydrogen-bond donors (Lipinski definition) is 0. The predicted octanol–water partition coefficient (Wildman–Crippen LogP) is 11.5. The van der Waals surface area contributed by atoms with Crippen LogP contribution in [-0.4, -0.2) is 13.4 Å². The van der Waals surface area contributed by atoms with Crippen molar-refractivity contribution in [3.63, 3.8) is 0 Å². The van der Waals surface area contributed by atoms with Crippen LogP contribution in [0.25, 0.3) is 0 Å². The highest BCUT2D eigenvalue weighted by atomic mass is 15.2. The summed E-state index contributed by atoms with van der Waals surface area (Å²) in [5.41, 5.74) is 25.6. The van der Waals surface area contributed by atoms with Gasteiger partial charge in [0.1, 0.15) is 0 Å². The Kier molecular flexibility index (Phi) is 10.4. The molecule has 6 heteroatoms. The highest BCUT2D eigenvalue weighted by Gasteiger charge is 2.43. The number of rotatable bonds is 7. The first-order valence-electron chi connectivity index (χ1n) is 23.3. The van der Waals surface area contributed by atoms with E-state index in [4.69, 9.17) is 0 Å². The lowest BCUT2D eigenvalue weighted by atomic mass is 9.30. The SMILES string of the molecule is Cc1cc(C)c(B2c3cc(C#N)ccc3N(c3ccccc3)c3cc4c(cc32)B(c2c(C)cc(C)cc2C)c2ccc(N(c3ccccc3)c3ccccc3)cc2N4c2ccccc2)c(C)c1. The van der Waals surface area contributed by atoms with E-state index in [9.17, 15) is 5.26 Å². The Morgan fingerprint density at radius 3 is 1.27 bits per heavy atom. The highest BCUT2D eigenvalue weighted by molar-refractivity contribution is 7.01. The van der Waals surface area contributed by atoms with Gasteiger partial charge in [0, 0.05) is 51.2 Å². The van der Waals surface area contributed by atoms with Gasteiger partial charge in [0.25, 0.3) is 0 Å². The second kappa shape index (κ2) is 16.8. The third-order valence-corrected chi connectivity index (χ3v) is 13.9. The fourth-order valence-corrected chi connectivity index (χ4v) is 11.5. The molecule has 11 rings (SSSR count). The van der Waals surface area contributed by atoms with E-state index in [2.05, 4.69) is 250 Å². The Hall–Kier alpha value is -8.00. The highest BCUT2D eigenvalue weighted by Crippen LogP contribution is 2.44. The first-order valence-corrected chi connectivity index (χ1v) is 23.3. The van der Waals surface area contributed by atoms with Crippen LogP contribution in [0.4, 0.5) is 51.2 Å². The summed E-state index contributed by atoms with van der Waals surface area (Å²) < 4.78 is 0. The minimum Gasteiger partial charge on any atom is -0.311 e. The zero-order valence-electron chi connectivity index (χ0n) is 38.9. The van der Waals surface area contributed by atoms with E-state index in [-0.39, 0.29) is 13.4 Å². The fourth-order valence-electron chi connectivity index (χ4n) is 11.5. The normalized spacial score (nSPS) is 12.5. The summed E-state index contributed by atoms with van der Waals surface area (Å²) in [6.07, 6.45) is 0. The van der Waals surface area contributed by atoms with Crippen molar-refractivity contribution >= 4 is 97.4 Å². The van der Waals surface area contributed by atoms with Crippen molar-refractivity contribution in [2.75, 3.05) is 14.7 Å². The van der Waals surface area contributed by atoms with E-state index < -0.39 is 0 Å².